The van der Waals surface area contributed by atoms with Gasteiger partial charge in [-0.15, -0.1) is 0 Å². The van der Waals surface area contributed by atoms with E-state index in [1.54, 1.807) is 19.2 Å². The minimum atomic E-state index is -1.06. The Morgan fingerprint density at radius 3 is 2.76 bits per heavy atom. The highest BCUT2D eigenvalue weighted by atomic mass is 16.5. The van der Waals surface area contributed by atoms with Crippen LogP contribution in [0.1, 0.15) is 5.56 Å². The van der Waals surface area contributed by atoms with Gasteiger partial charge in [-0.1, -0.05) is 0 Å². The molecule has 0 spiro atoms. The van der Waals surface area contributed by atoms with Crippen LogP contribution < -0.4 is 4.74 Å². The Morgan fingerprint density at radius 2 is 2.18 bits per heavy atom. The number of benzene rings is 1. The molecule has 1 aromatic rings. The summed E-state index contributed by atoms with van der Waals surface area (Å²) in [6.07, 6.45) is 2.27. The van der Waals surface area contributed by atoms with Crippen LogP contribution in [-0.4, -0.2) is 36.5 Å². The molecule has 2 N–H and O–H groups in total. The van der Waals surface area contributed by atoms with Gasteiger partial charge in [-0.3, -0.25) is 0 Å². The van der Waals surface area contributed by atoms with Crippen molar-refractivity contribution in [2.45, 2.75) is 0 Å². The predicted molar refractivity (Wildman–Crippen MR) is 62.1 cm³/mol. The fourth-order valence-electron chi connectivity index (χ4n) is 1.16. The quantitative estimate of drug-likeness (QED) is 0.580. The molecule has 0 unspecified atom stereocenters. The number of carboxylic acids is 1. The Kier molecular flexibility index (Phi) is 5.03. The average molecular weight is 238 g/mol. The summed E-state index contributed by atoms with van der Waals surface area (Å²) in [4.78, 5) is 10.3. The summed E-state index contributed by atoms with van der Waals surface area (Å²) in [5, 5.41) is 18.1. The fraction of sp³-hybridized carbons (Fsp3) is 0.250. The maximum absolute atomic E-state index is 10.3. The lowest BCUT2D eigenvalue weighted by molar-refractivity contribution is -0.131. The lowest BCUT2D eigenvalue weighted by Gasteiger charge is -2.06. The molecule has 5 nitrogen and oxygen atoms in total. The summed E-state index contributed by atoms with van der Waals surface area (Å²) in [5.41, 5.74) is 0.423. The summed E-state index contributed by atoms with van der Waals surface area (Å²) in [7, 11) is 1.57. The van der Waals surface area contributed by atoms with Crippen LogP contribution in [0.3, 0.4) is 0 Å². The number of hydrogen-bond acceptors (Lipinski definition) is 4. The van der Waals surface area contributed by atoms with Crippen LogP contribution in [0.25, 0.3) is 6.08 Å². The molecule has 0 saturated heterocycles. The monoisotopic (exact) mass is 238 g/mol. The fourth-order valence-corrected chi connectivity index (χ4v) is 1.16. The zero-order chi connectivity index (χ0) is 12.7. The minimum Gasteiger partial charge on any atom is -0.507 e. The van der Waals surface area contributed by atoms with Gasteiger partial charge in [0.25, 0.3) is 0 Å². The Labute approximate surface area is 98.9 Å². The van der Waals surface area contributed by atoms with Gasteiger partial charge in [0.05, 0.1) is 6.61 Å². The van der Waals surface area contributed by atoms with Gasteiger partial charge in [-0.25, -0.2) is 4.79 Å². The molecule has 1 aromatic carbocycles. The van der Waals surface area contributed by atoms with E-state index in [1.807, 2.05) is 0 Å². The number of aliphatic carboxylic acids is 1. The minimum absolute atomic E-state index is 0.0302. The summed E-state index contributed by atoms with van der Waals surface area (Å²) in [6, 6.07) is 4.66. The second kappa shape index (κ2) is 6.55. The molecule has 0 atom stereocenters. The molecule has 0 bridgehead atoms. The van der Waals surface area contributed by atoms with E-state index in [0.29, 0.717) is 24.5 Å². The number of rotatable bonds is 6. The Morgan fingerprint density at radius 1 is 1.41 bits per heavy atom. The highest BCUT2D eigenvalue weighted by Gasteiger charge is 2.01. The number of phenolic OH excluding ortho intramolecular Hbond substituents is 1. The van der Waals surface area contributed by atoms with E-state index in [9.17, 15) is 9.90 Å². The highest BCUT2D eigenvalue weighted by molar-refractivity contribution is 5.85. The third kappa shape index (κ3) is 4.56. The number of methoxy groups -OCH3 is 1. The molecule has 92 valence electrons. The summed E-state index contributed by atoms with van der Waals surface area (Å²) in [5.74, 6) is -0.589. The van der Waals surface area contributed by atoms with Crippen LogP contribution in [0.2, 0.25) is 0 Å². The van der Waals surface area contributed by atoms with E-state index in [0.717, 1.165) is 6.08 Å². The van der Waals surface area contributed by atoms with Crippen molar-refractivity contribution in [3.63, 3.8) is 0 Å². The maximum Gasteiger partial charge on any atom is 0.328 e. The molecular weight excluding hydrogens is 224 g/mol. The van der Waals surface area contributed by atoms with E-state index in [2.05, 4.69) is 0 Å². The lowest BCUT2D eigenvalue weighted by atomic mass is 10.2. The Hall–Kier alpha value is -2.01. The van der Waals surface area contributed by atoms with Crippen LogP contribution in [0, 0.1) is 0 Å². The Bertz CT molecular complexity index is 411. The van der Waals surface area contributed by atoms with Crippen molar-refractivity contribution in [2.24, 2.45) is 0 Å². The molecule has 5 heteroatoms. The first-order valence-corrected chi connectivity index (χ1v) is 4.99. The molecule has 1 rings (SSSR count). The average Bonchev–Trinajstić information content (AvgIpc) is 2.28. The van der Waals surface area contributed by atoms with Gasteiger partial charge in [0.15, 0.2) is 0 Å². The van der Waals surface area contributed by atoms with Gasteiger partial charge in [0, 0.05) is 24.8 Å². The van der Waals surface area contributed by atoms with Crippen LogP contribution in [0.5, 0.6) is 11.5 Å². The van der Waals surface area contributed by atoms with Gasteiger partial charge in [0.2, 0.25) is 0 Å². The van der Waals surface area contributed by atoms with Gasteiger partial charge in [0.1, 0.15) is 18.1 Å². The van der Waals surface area contributed by atoms with Crippen molar-refractivity contribution in [1.82, 2.24) is 0 Å². The third-order valence-corrected chi connectivity index (χ3v) is 1.96. The van der Waals surface area contributed by atoms with Crippen LogP contribution in [-0.2, 0) is 9.53 Å². The molecule has 0 aliphatic carbocycles. The first kappa shape index (κ1) is 13.1. The zero-order valence-electron chi connectivity index (χ0n) is 9.42. The van der Waals surface area contributed by atoms with E-state index in [1.165, 1.54) is 12.1 Å². The van der Waals surface area contributed by atoms with Crippen molar-refractivity contribution in [1.29, 1.82) is 0 Å². The first-order valence-electron chi connectivity index (χ1n) is 4.99. The molecule has 0 aliphatic rings. The van der Waals surface area contributed by atoms with E-state index >= 15 is 0 Å². The molecule has 0 heterocycles. The molecule has 0 aromatic heterocycles. The standard InChI is InChI=1S/C12H14O5/c1-16-6-7-17-10-4-2-9(11(13)8-10)3-5-12(14)15/h2-5,8,13H,6-7H2,1H3,(H,14,15). The van der Waals surface area contributed by atoms with Gasteiger partial charge >= 0.3 is 5.97 Å². The largest absolute Gasteiger partial charge is 0.507 e. The number of hydrogen-bond donors (Lipinski definition) is 2. The Balaban J connectivity index is 2.69. The molecule has 0 aliphatic heterocycles. The molecule has 0 saturated carbocycles. The second-order valence-electron chi connectivity index (χ2n) is 3.23. The van der Waals surface area contributed by atoms with Crippen molar-refractivity contribution in [3.8, 4) is 11.5 Å². The topological polar surface area (TPSA) is 76.0 Å². The second-order valence-corrected chi connectivity index (χ2v) is 3.23. The lowest BCUT2D eigenvalue weighted by Crippen LogP contribution is -2.04. The van der Waals surface area contributed by atoms with Gasteiger partial charge in [-0.05, 0) is 18.2 Å². The van der Waals surface area contributed by atoms with E-state index < -0.39 is 5.97 Å². The summed E-state index contributed by atoms with van der Waals surface area (Å²) in [6.45, 7) is 0.849. The number of carbonyl (C=O) groups is 1. The summed E-state index contributed by atoms with van der Waals surface area (Å²) < 4.78 is 10.1. The van der Waals surface area contributed by atoms with Crippen molar-refractivity contribution >= 4 is 12.0 Å². The number of ether oxygens (including phenoxy) is 2. The van der Waals surface area contributed by atoms with Crippen molar-refractivity contribution in [2.75, 3.05) is 20.3 Å². The molecular formula is C12H14O5. The van der Waals surface area contributed by atoms with Crippen LogP contribution in [0.4, 0.5) is 0 Å². The molecule has 0 amide bonds. The van der Waals surface area contributed by atoms with Gasteiger partial charge in [-0.2, -0.15) is 0 Å². The third-order valence-electron chi connectivity index (χ3n) is 1.96. The van der Waals surface area contributed by atoms with Crippen molar-refractivity contribution < 1.29 is 24.5 Å². The molecule has 0 radical (unpaired) electrons. The number of carboxylic acid groups (broad SMARTS) is 1. The van der Waals surface area contributed by atoms with Crippen LogP contribution >= 0.6 is 0 Å². The summed E-state index contributed by atoms with van der Waals surface area (Å²) >= 11 is 0. The number of phenols is 1. The van der Waals surface area contributed by atoms with E-state index in [-0.39, 0.29) is 5.75 Å². The van der Waals surface area contributed by atoms with E-state index in [4.69, 9.17) is 14.6 Å². The number of aromatic hydroxyl groups is 1. The maximum atomic E-state index is 10.3. The predicted octanol–water partition coefficient (Wildman–Crippen LogP) is 1.52. The first-order chi connectivity index (χ1) is 8.13. The van der Waals surface area contributed by atoms with Gasteiger partial charge < -0.3 is 19.7 Å². The molecule has 17 heavy (non-hydrogen) atoms. The van der Waals surface area contributed by atoms with Crippen molar-refractivity contribution in [3.05, 3.63) is 29.8 Å². The normalized spacial score (nSPS) is 10.6. The smallest absolute Gasteiger partial charge is 0.328 e. The SMILES string of the molecule is COCCOc1ccc(C=CC(=O)O)c(O)c1. The zero-order valence-corrected chi connectivity index (χ0v) is 9.42. The molecule has 0 fully saturated rings. The van der Waals surface area contributed by atoms with Crippen LogP contribution in [0.15, 0.2) is 24.3 Å². The highest BCUT2D eigenvalue weighted by Crippen LogP contribution is 2.24.